The van der Waals surface area contributed by atoms with E-state index in [1.807, 2.05) is 42.5 Å². The van der Waals surface area contributed by atoms with Crippen molar-refractivity contribution in [1.82, 2.24) is 9.78 Å². The summed E-state index contributed by atoms with van der Waals surface area (Å²) in [6, 6.07) is 16.6. The first-order valence-corrected chi connectivity index (χ1v) is 8.94. The van der Waals surface area contributed by atoms with Crippen LogP contribution in [-0.4, -0.2) is 21.6 Å². The van der Waals surface area contributed by atoms with Crippen molar-refractivity contribution in [3.05, 3.63) is 76.9 Å². The summed E-state index contributed by atoms with van der Waals surface area (Å²) in [5, 5.41) is 10.7. The van der Waals surface area contributed by atoms with Crippen molar-refractivity contribution >= 4 is 34.9 Å². The second-order valence-corrected chi connectivity index (χ2v) is 6.82. The zero-order chi connectivity index (χ0) is 18.8. The monoisotopic (exact) mass is 380 g/mol. The van der Waals surface area contributed by atoms with E-state index in [0.29, 0.717) is 23.1 Å². The molecule has 0 radical (unpaired) electrons. The Balaban J connectivity index is 1.53. The predicted octanol–water partition coefficient (Wildman–Crippen LogP) is 3.65. The van der Waals surface area contributed by atoms with Crippen LogP contribution in [0, 0.1) is 0 Å². The summed E-state index contributed by atoms with van der Waals surface area (Å²) < 4.78 is 1.70. The van der Waals surface area contributed by atoms with Gasteiger partial charge in [0.1, 0.15) is 5.82 Å². The van der Waals surface area contributed by atoms with Gasteiger partial charge in [0, 0.05) is 23.2 Å². The molecule has 1 aromatic heterocycles. The van der Waals surface area contributed by atoms with Gasteiger partial charge in [-0.25, -0.2) is 4.68 Å². The maximum Gasteiger partial charge on any atom is 0.233 e. The van der Waals surface area contributed by atoms with Crippen LogP contribution >= 0.6 is 11.6 Å². The van der Waals surface area contributed by atoms with Crippen molar-refractivity contribution in [2.75, 3.05) is 10.6 Å². The van der Waals surface area contributed by atoms with Gasteiger partial charge in [-0.2, -0.15) is 5.10 Å². The molecule has 4 rings (SSSR count). The van der Waals surface area contributed by atoms with Crippen molar-refractivity contribution in [2.45, 2.75) is 18.9 Å². The van der Waals surface area contributed by atoms with E-state index < -0.39 is 5.92 Å². The number of para-hydroxylation sites is 1. The second-order valence-electron chi connectivity index (χ2n) is 6.38. The molecule has 136 valence electrons. The van der Waals surface area contributed by atoms with Crippen molar-refractivity contribution in [3.8, 4) is 0 Å². The molecule has 6 nitrogen and oxygen atoms in total. The Morgan fingerprint density at radius 3 is 2.78 bits per heavy atom. The first-order valence-electron chi connectivity index (χ1n) is 8.56. The predicted molar refractivity (Wildman–Crippen MR) is 104 cm³/mol. The lowest BCUT2D eigenvalue weighted by Crippen LogP contribution is -2.31. The molecule has 3 aromatic rings. The number of amides is 2. The number of hydrogen-bond acceptors (Lipinski definition) is 3. The topological polar surface area (TPSA) is 76.0 Å². The first kappa shape index (κ1) is 17.3. The van der Waals surface area contributed by atoms with Crippen molar-refractivity contribution in [2.24, 2.45) is 0 Å². The maximum atomic E-state index is 12.9. The smallest absolute Gasteiger partial charge is 0.233 e. The number of nitrogens with zero attached hydrogens (tertiary/aromatic N) is 2. The van der Waals surface area contributed by atoms with Crippen LogP contribution in [0.25, 0.3) is 0 Å². The summed E-state index contributed by atoms with van der Waals surface area (Å²) in [6.45, 7) is 0.502. The van der Waals surface area contributed by atoms with Crippen LogP contribution in [0.3, 0.4) is 0 Å². The Labute approximate surface area is 161 Å². The first-order chi connectivity index (χ1) is 13.1. The number of carbonyl (C=O) groups excluding carboxylic acids is 2. The largest absolute Gasteiger partial charge is 0.326 e. The van der Waals surface area contributed by atoms with Gasteiger partial charge in [0.15, 0.2) is 0 Å². The highest BCUT2D eigenvalue weighted by Crippen LogP contribution is 2.32. The zero-order valence-corrected chi connectivity index (χ0v) is 15.1. The molecule has 0 saturated heterocycles. The molecule has 0 bridgehead atoms. The van der Waals surface area contributed by atoms with Crippen LogP contribution in [0.5, 0.6) is 0 Å². The molecular formula is C20H17ClN4O2. The molecule has 0 unspecified atom stereocenters. The SMILES string of the molecule is O=C1C[C@@H](C(=O)Nc2ccnn2Cc2ccc(Cl)cc2)c2ccccc2N1. The van der Waals surface area contributed by atoms with E-state index in [1.165, 1.54) is 0 Å². The molecule has 1 aliphatic rings. The highest BCUT2D eigenvalue weighted by atomic mass is 35.5. The third-order valence-electron chi connectivity index (χ3n) is 4.53. The quantitative estimate of drug-likeness (QED) is 0.725. The Bertz CT molecular complexity index is 997. The Kier molecular flexibility index (Phi) is 4.64. The standard InChI is InChI=1S/C20H17ClN4O2/c21-14-7-5-13(6-8-14)12-25-18(9-10-22-25)24-20(27)16-11-19(26)23-17-4-2-1-3-15(16)17/h1-10,16H,11-12H2,(H,23,26)(H,24,27)/t16-/m1/s1. The number of rotatable bonds is 4. The molecule has 2 heterocycles. The average molecular weight is 381 g/mol. The minimum absolute atomic E-state index is 0.119. The van der Waals surface area contributed by atoms with Gasteiger partial charge in [0.25, 0.3) is 0 Å². The number of anilines is 2. The molecule has 27 heavy (non-hydrogen) atoms. The van der Waals surface area contributed by atoms with Gasteiger partial charge < -0.3 is 10.6 Å². The summed E-state index contributed by atoms with van der Waals surface area (Å²) in [5.74, 6) is -0.342. The van der Waals surface area contributed by atoms with Gasteiger partial charge in [-0.05, 0) is 29.3 Å². The van der Waals surface area contributed by atoms with Crippen LogP contribution < -0.4 is 10.6 Å². The number of carbonyl (C=O) groups is 2. The summed E-state index contributed by atoms with van der Waals surface area (Å²) in [7, 11) is 0. The number of hydrogen-bond donors (Lipinski definition) is 2. The molecular weight excluding hydrogens is 364 g/mol. The third kappa shape index (κ3) is 3.71. The molecule has 0 aliphatic carbocycles. The highest BCUT2D eigenvalue weighted by molar-refractivity contribution is 6.30. The van der Waals surface area contributed by atoms with Crippen LogP contribution in [0.2, 0.25) is 5.02 Å². The Hall–Kier alpha value is -3.12. The van der Waals surface area contributed by atoms with E-state index in [0.717, 1.165) is 11.1 Å². The second kappa shape index (κ2) is 7.25. The molecule has 1 atom stereocenters. The van der Waals surface area contributed by atoms with Crippen LogP contribution in [-0.2, 0) is 16.1 Å². The summed E-state index contributed by atoms with van der Waals surface area (Å²) >= 11 is 5.92. The van der Waals surface area contributed by atoms with Crippen molar-refractivity contribution in [3.63, 3.8) is 0 Å². The lowest BCUT2D eigenvalue weighted by atomic mass is 9.90. The summed E-state index contributed by atoms with van der Waals surface area (Å²) in [6.07, 6.45) is 1.75. The highest BCUT2D eigenvalue weighted by Gasteiger charge is 2.30. The molecule has 2 aromatic carbocycles. The third-order valence-corrected chi connectivity index (χ3v) is 4.78. The zero-order valence-electron chi connectivity index (χ0n) is 14.4. The van der Waals surface area contributed by atoms with E-state index in [2.05, 4.69) is 15.7 Å². The average Bonchev–Trinajstić information content (AvgIpc) is 3.09. The number of nitrogens with one attached hydrogen (secondary N) is 2. The van der Waals surface area contributed by atoms with Crippen LogP contribution in [0.15, 0.2) is 60.8 Å². The van der Waals surface area contributed by atoms with Gasteiger partial charge in [0.05, 0.1) is 18.7 Å². The fourth-order valence-corrected chi connectivity index (χ4v) is 3.31. The maximum absolute atomic E-state index is 12.9. The van der Waals surface area contributed by atoms with Gasteiger partial charge in [-0.3, -0.25) is 9.59 Å². The fraction of sp³-hybridized carbons (Fsp3) is 0.150. The molecule has 2 amide bonds. The lowest BCUT2D eigenvalue weighted by Gasteiger charge is -2.24. The Morgan fingerprint density at radius 2 is 1.96 bits per heavy atom. The van der Waals surface area contributed by atoms with Gasteiger partial charge >= 0.3 is 0 Å². The summed E-state index contributed by atoms with van der Waals surface area (Å²) in [4.78, 5) is 24.8. The van der Waals surface area contributed by atoms with E-state index in [4.69, 9.17) is 11.6 Å². The van der Waals surface area contributed by atoms with Gasteiger partial charge in [0.2, 0.25) is 11.8 Å². The fourth-order valence-electron chi connectivity index (χ4n) is 3.19. The minimum atomic E-state index is -0.533. The number of halogens is 1. The van der Waals surface area contributed by atoms with E-state index in [9.17, 15) is 9.59 Å². The van der Waals surface area contributed by atoms with Gasteiger partial charge in [-0.15, -0.1) is 0 Å². The van der Waals surface area contributed by atoms with Crippen LogP contribution in [0.1, 0.15) is 23.5 Å². The minimum Gasteiger partial charge on any atom is -0.326 e. The van der Waals surface area contributed by atoms with E-state index in [1.54, 1.807) is 23.0 Å². The number of aromatic nitrogens is 2. The normalized spacial score (nSPS) is 15.7. The number of fused-ring (bicyclic) bond motifs is 1. The summed E-state index contributed by atoms with van der Waals surface area (Å²) in [5.41, 5.74) is 2.52. The van der Waals surface area contributed by atoms with Crippen molar-refractivity contribution < 1.29 is 9.59 Å². The van der Waals surface area contributed by atoms with Crippen LogP contribution in [0.4, 0.5) is 11.5 Å². The van der Waals surface area contributed by atoms with Crippen molar-refractivity contribution in [1.29, 1.82) is 0 Å². The van der Waals surface area contributed by atoms with Gasteiger partial charge in [-0.1, -0.05) is 41.9 Å². The lowest BCUT2D eigenvalue weighted by molar-refractivity contribution is -0.123. The molecule has 0 saturated carbocycles. The van der Waals surface area contributed by atoms with E-state index in [-0.39, 0.29) is 18.2 Å². The molecule has 0 spiro atoms. The number of benzene rings is 2. The molecule has 2 N–H and O–H groups in total. The molecule has 0 fully saturated rings. The molecule has 1 aliphatic heterocycles. The van der Waals surface area contributed by atoms with E-state index >= 15 is 0 Å². The molecule has 7 heteroatoms. The Morgan fingerprint density at radius 1 is 1.19 bits per heavy atom.